The highest BCUT2D eigenvalue weighted by Crippen LogP contribution is 2.44. The minimum absolute atomic E-state index is 0.00470. The van der Waals surface area contributed by atoms with E-state index >= 15 is 0 Å². The van der Waals surface area contributed by atoms with Gasteiger partial charge in [-0.1, -0.05) is 12.1 Å². The van der Waals surface area contributed by atoms with Crippen molar-refractivity contribution in [3.8, 4) is 0 Å². The van der Waals surface area contributed by atoms with Crippen molar-refractivity contribution in [3.63, 3.8) is 0 Å². The van der Waals surface area contributed by atoms with Crippen LogP contribution in [-0.4, -0.2) is 16.9 Å². The van der Waals surface area contributed by atoms with Gasteiger partial charge in [0.15, 0.2) is 0 Å². The number of carbonyl (C=O) groups is 1. The molecule has 0 saturated heterocycles. The lowest BCUT2D eigenvalue weighted by molar-refractivity contribution is -0.384. The van der Waals surface area contributed by atoms with E-state index in [-0.39, 0.29) is 29.0 Å². The van der Waals surface area contributed by atoms with Crippen LogP contribution >= 0.6 is 0 Å². The lowest BCUT2D eigenvalue weighted by Gasteiger charge is -2.08. The summed E-state index contributed by atoms with van der Waals surface area (Å²) in [6, 6.07) is 10.4. The van der Waals surface area contributed by atoms with Gasteiger partial charge in [0.1, 0.15) is 11.5 Å². The van der Waals surface area contributed by atoms with Crippen LogP contribution in [0.2, 0.25) is 0 Å². The predicted octanol–water partition coefficient (Wildman–Crippen LogP) is 2.80. The number of nitro benzene ring substituents is 1. The summed E-state index contributed by atoms with van der Waals surface area (Å²) in [7, 11) is 0. The highest BCUT2D eigenvalue weighted by Gasteiger charge is 2.39. The Morgan fingerprint density at radius 1 is 1.30 bits per heavy atom. The summed E-state index contributed by atoms with van der Waals surface area (Å²) in [6.07, 6.45) is 0.762. The molecule has 3 N–H and O–H groups in total. The molecule has 1 aliphatic rings. The summed E-state index contributed by atoms with van der Waals surface area (Å²) in [5.74, 6) is -0.908. The van der Waals surface area contributed by atoms with Crippen LogP contribution in [-0.2, 0) is 0 Å². The lowest BCUT2D eigenvalue weighted by atomic mass is 10.1. The van der Waals surface area contributed by atoms with Gasteiger partial charge in [-0.3, -0.25) is 14.9 Å². The maximum atomic E-state index is 13.2. The first-order valence-corrected chi connectivity index (χ1v) is 7.06. The van der Waals surface area contributed by atoms with E-state index in [0.717, 1.165) is 18.1 Å². The molecule has 1 aliphatic carbocycles. The average Bonchev–Trinajstić information content (AvgIpc) is 3.26. The van der Waals surface area contributed by atoms with Crippen LogP contribution in [0.1, 0.15) is 28.3 Å². The second kappa shape index (κ2) is 5.68. The first-order valence-electron chi connectivity index (χ1n) is 7.06. The zero-order valence-corrected chi connectivity index (χ0v) is 12.0. The van der Waals surface area contributed by atoms with Crippen LogP contribution in [0.5, 0.6) is 0 Å². The largest absolute Gasteiger partial charge is 0.376 e. The van der Waals surface area contributed by atoms with Crippen LogP contribution in [0.15, 0.2) is 42.5 Å². The number of rotatable bonds is 5. The molecule has 0 spiro atoms. The number of nitrogens with one attached hydrogen (secondary N) is 1. The molecular formula is C16H14FN3O3. The molecule has 0 unspecified atom stereocenters. The van der Waals surface area contributed by atoms with Crippen molar-refractivity contribution in [2.75, 3.05) is 5.32 Å². The van der Waals surface area contributed by atoms with Gasteiger partial charge in [0.2, 0.25) is 5.91 Å². The fourth-order valence-corrected chi connectivity index (χ4v) is 2.62. The number of amides is 1. The standard InChI is InChI=1S/C16H14FN3O3/c17-11-3-1-2-9(6-11)12-8-14(12)19-13-5-4-10(16(18)21)7-15(13)20(22)23/h1-7,12,14,19H,8H2,(H2,18,21)/t12-,14+/m0/s1. The van der Waals surface area contributed by atoms with E-state index in [2.05, 4.69) is 5.32 Å². The Morgan fingerprint density at radius 2 is 2.09 bits per heavy atom. The Morgan fingerprint density at radius 3 is 2.74 bits per heavy atom. The fraction of sp³-hybridized carbons (Fsp3) is 0.188. The summed E-state index contributed by atoms with van der Waals surface area (Å²) in [6.45, 7) is 0. The predicted molar refractivity (Wildman–Crippen MR) is 82.8 cm³/mol. The highest BCUT2D eigenvalue weighted by molar-refractivity contribution is 5.94. The molecule has 1 fully saturated rings. The van der Waals surface area contributed by atoms with Crippen molar-refractivity contribution in [2.45, 2.75) is 18.4 Å². The summed E-state index contributed by atoms with van der Waals surface area (Å²) >= 11 is 0. The fourth-order valence-electron chi connectivity index (χ4n) is 2.62. The van der Waals surface area contributed by atoms with Crippen LogP contribution in [0.25, 0.3) is 0 Å². The molecule has 0 bridgehead atoms. The molecule has 2 aromatic rings. The van der Waals surface area contributed by atoms with E-state index in [1.165, 1.54) is 24.3 Å². The topological polar surface area (TPSA) is 98.3 Å². The minimum atomic E-state index is -0.719. The lowest BCUT2D eigenvalue weighted by Crippen LogP contribution is -2.12. The van der Waals surface area contributed by atoms with E-state index in [9.17, 15) is 19.3 Å². The van der Waals surface area contributed by atoms with Crippen LogP contribution < -0.4 is 11.1 Å². The highest BCUT2D eigenvalue weighted by atomic mass is 19.1. The van der Waals surface area contributed by atoms with Crippen molar-refractivity contribution in [2.24, 2.45) is 5.73 Å². The van der Waals surface area contributed by atoms with Crippen molar-refractivity contribution in [1.82, 2.24) is 0 Å². The quantitative estimate of drug-likeness (QED) is 0.654. The molecule has 1 amide bonds. The van der Waals surface area contributed by atoms with Gasteiger partial charge in [0, 0.05) is 23.6 Å². The Balaban J connectivity index is 1.79. The third kappa shape index (κ3) is 3.13. The number of nitro groups is 1. The summed E-state index contributed by atoms with van der Waals surface area (Å²) in [5, 5.41) is 14.2. The van der Waals surface area contributed by atoms with E-state index < -0.39 is 10.8 Å². The maximum absolute atomic E-state index is 13.2. The van der Waals surface area contributed by atoms with E-state index in [0.29, 0.717) is 5.69 Å². The Kier molecular flexibility index (Phi) is 3.69. The number of hydrogen-bond acceptors (Lipinski definition) is 4. The van der Waals surface area contributed by atoms with Gasteiger partial charge in [-0.15, -0.1) is 0 Å². The van der Waals surface area contributed by atoms with Gasteiger partial charge in [-0.2, -0.15) is 0 Å². The molecule has 7 heteroatoms. The molecule has 2 aromatic carbocycles. The first kappa shape index (κ1) is 15.0. The number of hydrogen-bond donors (Lipinski definition) is 2. The third-order valence-corrected chi connectivity index (χ3v) is 3.89. The van der Waals surface area contributed by atoms with Gasteiger partial charge in [0.05, 0.1) is 4.92 Å². The number of nitrogens with two attached hydrogens (primary N) is 1. The molecule has 23 heavy (non-hydrogen) atoms. The Labute approximate surface area is 131 Å². The molecule has 1 saturated carbocycles. The van der Waals surface area contributed by atoms with Crippen LogP contribution in [0, 0.1) is 15.9 Å². The van der Waals surface area contributed by atoms with Crippen molar-refractivity contribution in [1.29, 1.82) is 0 Å². The van der Waals surface area contributed by atoms with E-state index in [1.54, 1.807) is 6.07 Å². The number of benzene rings is 2. The Bertz CT molecular complexity index is 794. The summed E-state index contributed by atoms with van der Waals surface area (Å²) < 4.78 is 13.2. The van der Waals surface area contributed by atoms with Crippen LogP contribution in [0.3, 0.4) is 0 Å². The van der Waals surface area contributed by atoms with Crippen molar-refractivity contribution >= 4 is 17.3 Å². The summed E-state index contributed by atoms with van der Waals surface area (Å²) in [5.41, 5.74) is 6.20. The SMILES string of the molecule is NC(=O)c1ccc(N[C@@H]2C[C@H]2c2cccc(F)c2)c([N+](=O)[O-])c1. The zero-order valence-electron chi connectivity index (χ0n) is 12.0. The molecule has 2 atom stereocenters. The number of halogens is 1. The molecule has 3 rings (SSSR count). The number of carbonyl (C=O) groups excluding carboxylic acids is 1. The van der Waals surface area contributed by atoms with Crippen molar-refractivity contribution in [3.05, 3.63) is 69.5 Å². The van der Waals surface area contributed by atoms with Gasteiger partial charge in [-0.25, -0.2) is 4.39 Å². The average molecular weight is 315 g/mol. The maximum Gasteiger partial charge on any atom is 0.293 e. The Hall–Kier alpha value is -2.96. The molecule has 118 valence electrons. The van der Waals surface area contributed by atoms with Crippen molar-refractivity contribution < 1.29 is 14.1 Å². The first-order chi connectivity index (χ1) is 11.0. The zero-order chi connectivity index (χ0) is 16.6. The van der Waals surface area contributed by atoms with Gasteiger partial charge < -0.3 is 11.1 Å². The van der Waals surface area contributed by atoms with E-state index in [1.807, 2.05) is 6.07 Å². The number of primary amides is 1. The smallest absolute Gasteiger partial charge is 0.293 e. The normalized spacial score (nSPS) is 19.2. The van der Waals surface area contributed by atoms with Gasteiger partial charge in [0.25, 0.3) is 5.69 Å². The second-order valence-corrected chi connectivity index (χ2v) is 5.50. The second-order valence-electron chi connectivity index (χ2n) is 5.50. The van der Waals surface area contributed by atoms with Gasteiger partial charge in [-0.05, 0) is 36.2 Å². The molecule has 0 aromatic heterocycles. The molecule has 0 aliphatic heterocycles. The van der Waals surface area contributed by atoms with Crippen LogP contribution in [0.4, 0.5) is 15.8 Å². The number of nitrogens with zero attached hydrogens (tertiary/aromatic N) is 1. The molecule has 6 nitrogen and oxygen atoms in total. The monoisotopic (exact) mass is 315 g/mol. The number of anilines is 1. The van der Waals surface area contributed by atoms with E-state index in [4.69, 9.17) is 5.73 Å². The molecular weight excluding hydrogens is 301 g/mol. The minimum Gasteiger partial charge on any atom is -0.376 e. The third-order valence-electron chi connectivity index (χ3n) is 3.89. The van der Waals surface area contributed by atoms with Gasteiger partial charge >= 0.3 is 0 Å². The molecule has 0 radical (unpaired) electrons. The molecule has 0 heterocycles. The summed E-state index contributed by atoms with van der Waals surface area (Å²) in [4.78, 5) is 21.7.